The summed E-state index contributed by atoms with van der Waals surface area (Å²) >= 11 is 0. The van der Waals surface area contributed by atoms with E-state index in [1.54, 1.807) is 18.2 Å². The molecule has 2 fully saturated rings. The van der Waals surface area contributed by atoms with Gasteiger partial charge >= 0.3 is 6.03 Å². The summed E-state index contributed by atoms with van der Waals surface area (Å²) in [5, 5.41) is 0. The number of hydrogen-bond acceptors (Lipinski definition) is 4. The zero-order chi connectivity index (χ0) is 17.9. The molecule has 7 nitrogen and oxygen atoms in total. The Labute approximate surface area is 153 Å². The number of rotatable bonds is 1. The standard InChI is InChI=1S/C19H25N3O4/c23-18(15-4-5-16-17(14-15)26-13-12-25-16)20-8-10-22(11-9-20)19(24)21-6-2-1-3-7-21/h4-5,14H,1-3,6-13H2. The maximum absolute atomic E-state index is 12.8. The van der Waals surface area contributed by atoms with E-state index in [1.807, 2.05) is 14.7 Å². The fourth-order valence-corrected chi connectivity index (χ4v) is 3.74. The molecule has 0 atom stereocenters. The SMILES string of the molecule is O=C(c1ccc2c(c1)OCCO2)N1CCN(C(=O)N2CCCCC2)CC1. The van der Waals surface area contributed by atoms with Gasteiger partial charge in [-0.25, -0.2) is 4.79 Å². The maximum Gasteiger partial charge on any atom is 0.320 e. The molecule has 4 rings (SSSR count). The summed E-state index contributed by atoms with van der Waals surface area (Å²) in [6.07, 6.45) is 3.39. The Morgan fingerprint density at radius 2 is 1.35 bits per heavy atom. The summed E-state index contributed by atoms with van der Waals surface area (Å²) in [4.78, 5) is 31.0. The number of likely N-dealkylation sites (tertiary alicyclic amines) is 1. The molecule has 1 aromatic rings. The van der Waals surface area contributed by atoms with E-state index in [9.17, 15) is 9.59 Å². The van der Waals surface area contributed by atoms with Gasteiger partial charge < -0.3 is 24.2 Å². The van der Waals surface area contributed by atoms with E-state index in [1.165, 1.54) is 6.42 Å². The zero-order valence-corrected chi connectivity index (χ0v) is 15.0. The highest BCUT2D eigenvalue weighted by Crippen LogP contribution is 2.31. The van der Waals surface area contributed by atoms with Crippen molar-refractivity contribution in [3.05, 3.63) is 23.8 Å². The Balaban J connectivity index is 1.35. The first-order valence-electron chi connectivity index (χ1n) is 9.45. The summed E-state index contributed by atoms with van der Waals surface area (Å²) in [6.45, 7) is 5.05. The largest absolute Gasteiger partial charge is 0.486 e. The van der Waals surface area contributed by atoms with Crippen LogP contribution in [0.1, 0.15) is 29.6 Å². The second kappa shape index (κ2) is 7.43. The third-order valence-electron chi connectivity index (χ3n) is 5.25. The number of carbonyl (C=O) groups excluding carboxylic acids is 2. The van der Waals surface area contributed by atoms with Crippen LogP contribution < -0.4 is 9.47 Å². The minimum absolute atomic E-state index is 0.0213. The van der Waals surface area contributed by atoms with Crippen molar-refractivity contribution in [2.45, 2.75) is 19.3 Å². The molecule has 2 saturated heterocycles. The second-order valence-corrected chi connectivity index (χ2v) is 6.97. The first-order chi connectivity index (χ1) is 12.7. The van der Waals surface area contributed by atoms with Gasteiger partial charge in [-0.15, -0.1) is 0 Å². The number of amides is 3. The number of hydrogen-bond donors (Lipinski definition) is 0. The Hall–Kier alpha value is -2.44. The highest BCUT2D eigenvalue weighted by atomic mass is 16.6. The summed E-state index contributed by atoms with van der Waals surface area (Å²) in [7, 11) is 0. The van der Waals surface area contributed by atoms with Crippen molar-refractivity contribution < 1.29 is 19.1 Å². The van der Waals surface area contributed by atoms with Gasteiger partial charge in [-0.3, -0.25) is 4.79 Å². The topological polar surface area (TPSA) is 62.3 Å². The molecule has 0 spiro atoms. The van der Waals surface area contributed by atoms with E-state index in [0.29, 0.717) is 56.5 Å². The molecule has 0 bridgehead atoms. The molecule has 1 aromatic carbocycles. The zero-order valence-electron chi connectivity index (χ0n) is 15.0. The molecule has 7 heteroatoms. The third-order valence-corrected chi connectivity index (χ3v) is 5.25. The van der Waals surface area contributed by atoms with E-state index in [-0.39, 0.29) is 11.9 Å². The number of carbonyl (C=O) groups is 2. The van der Waals surface area contributed by atoms with Gasteiger partial charge in [0.05, 0.1) is 0 Å². The third kappa shape index (κ3) is 3.43. The van der Waals surface area contributed by atoms with Gasteiger partial charge in [0, 0.05) is 44.8 Å². The van der Waals surface area contributed by atoms with Gasteiger partial charge in [-0.05, 0) is 37.5 Å². The minimum atomic E-state index is -0.0213. The quantitative estimate of drug-likeness (QED) is 0.767. The van der Waals surface area contributed by atoms with Crippen molar-refractivity contribution in [3.63, 3.8) is 0 Å². The summed E-state index contributed by atoms with van der Waals surface area (Å²) in [6, 6.07) is 5.44. The van der Waals surface area contributed by atoms with E-state index in [4.69, 9.17) is 9.47 Å². The lowest BCUT2D eigenvalue weighted by Gasteiger charge is -2.38. The molecule has 0 unspecified atom stereocenters. The number of piperidine rings is 1. The van der Waals surface area contributed by atoms with Crippen LogP contribution in [-0.4, -0.2) is 79.1 Å². The molecule has 3 aliphatic heterocycles. The van der Waals surface area contributed by atoms with Crippen LogP contribution in [0.15, 0.2) is 18.2 Å². The molecular weight excluding hydrogens is 334 g/mol. The van der Waals surface area contributed by atoms with Crippen molar-refractivity contribution in [1.29, 1.82) is 0 Å². The average molecular weight is 359 g/mol. The highest BCUT2D eigenvalue weighted by molar-refractivity contribution is 5.95. The van der Waals surface area contributed by atoms with Crippen LogP contribution in [0.5, 0.6) is 11.5 Å². The number of piperazine rings is 1. The first kappa shape index (κ1) is 17.0. The van der Waals surface area contributed by atoms with Gasteiger partial charge in [0.1, 0.15) is 13.2 Å². The molecule has 3 heterocycles. The van der Waals surface area contributed by atoms with Crippen molar-refractivity contribution >= 4 is 11.9 Å². The highest BCUT2D eigenvalue weighted by Gasteiger charge is 2.28. The Bertz CT molecular complexity index is 679. The average Bonchev–Trinajstić information content (AvgIpc) is 2.73. The molecule has 0 aliphatic carbocycles. The van der Waals surface area contributed by atoms with Gasteiger partial charge in [0.15, 0.2) is 11.5 Å². The first-order valence-corrected chi connectivity index (χ1v) is 9.45. The van der Waals surface area contributed by atoms with Crippen LogP contribution in [0, 0.1) is 0 Å². The summed E-state index contributed by atoms with van der Waals surface area (Å²) < 4.78 is 11.1. The van der Waals surface area contributed by atoms with Gasteiger partial charge in [0.25, 0.3) is 5.91 Å². The Kier molecular flexibility index (Phi) is 4.86. The van der Waals surface area contributed by atoms with Crippen molar-refractivity contribution in [1.82, 2.24) is 14.7 Å². The Morgan fingerprint density at radius 1 is 0.731 bits per heavy atom. The molecule has 26 heavy (non-hydrogen) atoms. The number of ether oxygens (including phenoxy) is 2. The van der Waals surface area contributed by atoms with Crippen LogP contribution in [0.3, 0.4) is 0 Å². The van der Waals surface area contributed by atoms with Crippen LogP contribution >= 0.6 is 0 Å². The molecular formula is C19H25N3O4. The maximum atomic E-state index is 12.8. The van der Waals surface area contributed by atoms with Crippen LogP contribution in [0.25, 0.3) is 0 Å². The smallest absolute Gasteiger partial charge is 0.320 e. The van der Waals surface area contributed by atoms with Gasteiger partial charge in [-0.2, -0.15) is 0 Å². The number of nitrogens with zero attached hydrogens (tertiary/aromatic N) is 3. The van der Waals surface area contributed by atoms with E-state index < -0.39 is 0 Å². The predicted molar refractivity (Wildman–Crippen MR) is 95.7 cm³/mol. The lowest BCUT2D eigenvalue weighted by molar-refractivity contribution is 0.0632. The van der Waals surface area contributed by atoms with Gasteiger partial charge in [0.2, 0.25) is 0 Å². The molecule has 3 amide bonds. The monoisotopic (exact) mass is 359 g/mol. The van der Waals surface area contributed by atoms with Crippen molar-refractivity contribution in [2.24, 2.45) is 0 Å². The fourth-order valence-electron chi connectivity index (χ4n) is 3.74. The lowest BCUT2D eigenvalue weighted by Crippen LogP contribution is -2.54. The van der Waals surface area contributed by atoms with Crippen LogP contribution in [-0.2, 0) is 0 Å². The summed E-state index contributed by atoms with van der Waals surface area (Å²) in [5.74, 6) is 1.29. The Morgan fingerprint density at radius 3 is 2.08 bits per heavy atom. The van der Waals surface area contributed by atoms with Crippen LogP contribution in [0.2, 0.25) is 0 Å². The molecule has 0 radical (unpaired) electrons. The molecule has 3 aliphatic rings. The normalized spacial score (nSPS) is 20.1. The fraction of sp³-hybridized carbons (Fsp3) is 0.579. The van der Waals surface area contributed by atoms with E-state index in [0.717, 1.165) is 25.9 Å². The summed E-state index contributed by atoms with van der Waals surface area (Å²) in [5.41, 5.74) is 0.602. The predicted octanol–water partition coefficient (Wildman–Crippen LogP) is 1.82. The van der Waals surface area contributed by atoms with Crippen molar-refractivity contribution in [2.75, 3.05) is 52.5 Å². The second-order valence-electron chi connectivity index (χ2n) is 6.97. The lowest BCUT2D eigenvalue weighted by atomic mass is 10.1. The van der Waals surface area contributed by atoms with Crippen molar-refractivity contribution in [3.8, 4) is 11.5 Å². The number of urea groups is 1. The number of benzene rings is 1. The molecule has 0 aromatic heterocycles. The number of fused-ring (bicyclic) bond motifs is 1. The van der Waals surface area contributed by atoms with Crippen LogP contribution in [0.4, 0.5) is 4.79 Å². The molecule has 0 N–H and O–H groups in total. The van der Waals surface area contributed by atoms with E-state index in [2.05, 4.69) is 0 Å². The molecule has 140 valence electrons. The minimum Gasteiger partial charge on any atom is -0.486 e. The van der Waals surface area contributed by atoms with E-state index >= 15 is 0 Å². The molecule has 0 saturated carbocycles. The van der Waals surface area contributed by atoms with Gasteiger partial charge in [-0.1, -0.05) is 0 Å².